The zero-order valence-corrected chi connectivity index (χ0v) is 15.7. The maximum atomic E-state index is 12.3. The lowest BCUT2D eigenvalue weighted by molar-refractivity contribution is 0.111. The molecule has 5 nitrogen and oxygen atoms in total. The number of amides is 2. The summed E-state index contributed by atoms with van der Waals surface area (Å²) >= 11 is 5.97. The fourth-order valence-corrected chi connectivity index (χ4v) is 3.39. The number of anilines is 1. The topological polar surface area (TPSA) is 47.6 Å². The summed E-state index contributed by atoms with van der Waals surface area (Å²) in [6.07, 6.45) is 0. The van der Waals surface area contributed by atoms with Crippen molar-refractivity contribution in [2.24, 2.45) is 0 Å². The van der Waals surface area contributed by atoms with E-state index in [9.17, 15) is 4.79 Å². The van der Waals surface area contributed by atoms with E-state index in [1.54, 1.807) is 12.1 Å². The predicted molar refractivity (Wildman–Crippen MR) is 107 cm³/mol. The van der Waals surface area contributed by atoms with Gasteiger partial charge >= 0.3 is 6.03 Å². The molecular formula is C20H25ClN4O. The largest absolute Gasteiger partial charge is 0.336 e. The zero-order valence-electron chi connectivity index (χ0n) is 15.0. The maximum Gasteiger partial charge on any atom is 0.319 e. The second kappa shape index (κ2) is 9.03. The van der Waals surface area contributed by atoms with Gasteiger partial charge in [-0.05, 0) is 30.8 Å². The van der Waals surface area contributed by atoms with Crippen LogP contribution in [0.5, 0.6) is 0 Å². The minimum Gasteiger partial charge on any atom is -0.336 e. The Morgan fingerprint density at radius 3 is 2.50 bits per heavy atom. The first-order valence-corrected chi connectivity index (χ1v) is 9.27. The molecule has 0 aliphatic carbocycles. The molecule has 1 unspecified atom stereocenters. The number of hydrogen-bond donors (Lipinski definition) is 2. The van der Waals surface area contributed by atoms with Crippen LogP contribution >= 0.6 is 11.6 Å². The molecule has 1 fully saturated rings. The lowest BCUT2D eigenvalue weighted by Crippen LogP contribution is -2.48. The first-order valence-electron chi connectivity index (χ1n) is 8.90. The van der Waals surface area contributed by atoms with Crippen LogP contribution in [0, 0.1) is 0 Å². The molecule has 138 valence electrons. The van der Waals surface area contributed by atoms with E-state index in [1.807, 2.05) is 30.3 Å². The number of nitrogens with zero attached hydrogens (tertiary/aromatic N) is 2. The van der Waals surface area contributed by atoms with Crippen molar-refractivity contribution < 1.29 is 4.79 Å². The second-order valence-corrected chi connectivity index (χ2v) is 7.05. The minimum absolute atomic E-state index is 0.162. The highest BCUT2D eigenvalue weighted by molar-refractivity contribution is 6.30. The Morgan fingerprint density at radius 1 is 1.08 bits per heavy atom. The van der Waals surface area contributed by atoms with Gasteiger partial charge in [-0.3, -0.25) is 4.90 Å². The summed E-state index contributed by atoms with van der Waals surface area (Å²) in [5.74, 6) is 0. The van der Waals surface area contributed by atoms with Crippen molar-refractivity contribution in [1.82, 2.24) is 15.1 Å². The van der Waals surface area contributed by atoms with E-state index in [-0.39, 0.29) is 12.1 Å². The summed E-state index contributed by atoms with van der Waals surface area (Å²) in [5.41, 5.74) is 1.91. The van der Waals surface area contributed by atoms with Crippen molar-refractivity contribution in [2.45, 2.75) is 6.04 Å². The van der Waals surface area contributed by atoms with Crippen LogP contribution in [0.15, 0.2) is 54.6 Å². The van der Waals surface area contributed by atoms with Gasteiger partial charge in [0.1, 0.15) is 0 Å². The van der Waals surface area contributed by atoms with Gasteiger partial charge in [0.15, 0.2) is 0 Å². The zero-order chi connectivity index (χ0) is 18.4. The quantitative estimate of drug-likeness (QED) is 0.845. The Hall–Kier alpha value is -2.08. The summed E-state index contributed by atoms with van der Waals surface area (Å²) < 4.78 is 0. The Kier molecular flexibility index (Phi) is 6.50. The fraction of sp³-hybridized carbons (Fsp3) is 0.350. The average Bonchev–Trinajstić information content (AvgIpc) is 2.64. The first kappa shape index (κ1) is 18.7. The lowest BCUT2D eigenvalue weighted by Gasteiger charge is -2.38. The Balaban J connectivity index is 1.63. The molecule has 0 aromatic heterocycles. The molecule has 3 rings (SSSR count). The van der Waals surface area contributed by atoms with E-state index >= 15 is 0 Å². The van der Waals surface area contributed by atoms with Crippen LogP contribution in [0.1, 0.15) is 11.6 Å². The number of halogens is 1. The fourth-order valence-electron chi connectivity index (χ4n) is 3.20. The standard InChI is InChI=1S/C20H25ClN4O/c1-24-10-12-25(13-11-24)19(16-6-3-2-4-7-16)15-22-20(26)23-18-9-5-8-17(21)14-18/h2-9,14,19H,10-13,15H2,1H3,(H2,22,23,26). The van der Waals surface area contributed by atoms with Crippen LogP contribution in [0.4, 0.5) is 10.5 Å². The molecule has 0 saturated carbocycles. The van der Waals surface area contributed by atoms with Gasteiger partial charge in [0, 0.05) is 43.4 Å². The molecule has 2 N–H and O–H groups in total. The number of urea groups is 1. The number of rotatable bonds is 5. The third kappa shape index (κ3) is 5.21. The number of carbonyl (C=O) groups is 1. The van der Waals surface area contributed by atoms with Crippen molar-refractivity contribution >= 4 is 23.3 Å². The van der Waals surface area contributed by atoms with Crippen LogP contribution in [0.25, 0.3) is 0 Å². The highest BCUT2D eigenvalue weighted by atomic mass is 35.5. The van der Waals surface area contributed by atoms with Crippen LogP contribution in [-0.4, -0.2) is 55.6 Å². The van der Waals surface area contributed by atoms with Crippen LogP contribution in [-0.2, 0) is 0 Å². The molecular weight excluding hydrogens is 348 g/mol. The number of nitrogens with one attached hydrogen (secondary N) is 2. The highest BCUT2D eigenvalue weighted by Gasteiger charge is 2.24. The van der Waals surface area contributed by atoms with Gasteiger partial charge in [0.25, 0.3) is 0 Å². The summed E-state index contributed by atoms with van der Waals surface area (Å²) in [6.45, 7) is 4.62. The molecule has 2 amide bonds. The third-order valence-electron chi connectivity index (χ3n) is 4.70. The summed E-state index contributed by atoms with van der Waals surface area (Å²) in [4.78, 5) is 17.1. The van der Waals surface area contributed by atoms with Gasteiger partial charge in [-0.2, -0.15) is 0 Å². The van der Waals surface area contributed by atoms with Gasteiger partial charge in [-0.1, -0.05) is 48.0 Å². The Labute approximate surface area is 159 Å². The first-order chi connectivity index (χ1) is 12.6. The van der Waals surface area contributed by atoms with E-state index in [2.05, 4.69) is 39.6 Å². The van der Waals surface area contributed by atoms with Crippen molar-refractivity contribution in [2.75, 3.05) is 45.1 Å². The molecule has 0 spiro atoms. The SMILES string of the molecule is CN1CCN(C(CNC(=O)Nc2cccc(Cl)c2)c2ccccc2)CC1. The van der Waals surface area contributed by atoms with Gasteiger partial charge in [-0.15, -0.1) is 0 Å². The number of hydrogen-bond acceptors (Lipinski definition) is 3. The van der Waals surface area contributed by atoms with Crippen molar-refractivity contribution in [3.63, 3.8) is 0 Å². The summed E-state index contributed by atoms with van der Waals surface area (Å²) in [5, 5.41) is 6.45. The summed E-state index contributed by atoms with van der Waals surface area (Å²) in [7, 11) is 2.14. The maximum absolute atomic E-state index is 12.3. The van der Waals surface area contributed by atoms with E-state index in [0.29, 0.717) is 17.3 Å². The molecule has 2 aromatic rings. The van der Waals surface area contributed by atoms with Crippen LogP contribution < -0.4 is 10.6 Å². The Morgan fingerprint density at radius 2 is 1.81 bits per heavy atom. The van der Waals surface area contributed by atoms with Gasteiger partial charge in [-0.25, -0.2) is 4.79 Å². The normalized spacial score (nSPS) is 16.8. The monoisotopic (exact) mass is 372 g/mol. The van der Waals surface area contributed by atoms with E-state index < -0.39 is 0 Å². The van der Waals surface area contributed by atoms with Crippen molar-refractivity contribution in [3.05, 3.63) is 65.2 Å². The highest BCUT2D eigenvalue weighted by Crippen LogP contribution is 2.21. The third-order valence-corrected chi connectivity index (χ3v) is 4.94. The van der Waals surface area contributed by atoms with Gasteiger partial charge in [0.05, 0.1) is 6.04 Å². The Bertz CT molecular complexity index is 717. The average molecular weight is 373 g/mol. The van der Waals surface area contributed by atoms with E-state index in [0.717, 1.165) is 26.2 Å². The molecule has 1 aliphatic heterocycles. The van der Waals surface area contributed by atoms with E-state index in [4.69, 9.17) is 11.6 Å². The molecule has 0 radical (unpaired) electrons. The lowest BCUT2D eigenvalue weighted by atomic mass is 10.0. The summed E-state index contributed by atoms with van der Waals surface area (Å²) in [6, 6.07) is 17.4. The van der Waals surface area contributed by atoms with Crippen molar-refractivity contribution in [3.8, 4) is 0 Å². The van der Waals surface area contributed by atoms with Crippen molar-refractivity contribution in [1.29, 1.82) is 0 Å². The van der Waals surface area contributed by atoms with Crippen LogP contribution in [0.2, 0.25) is 5.02 Å². The molecule has 1 saturated heterocycles. The minimum atomic E-state index is -0.220. The molecule has 0 bridgehead atoms. The molecule has 1 heterocycles. The van der Waals surface area contributed by atoms with Gasteiger partial charge in [0.2, 0.25) is 0 Å². The second-order valence-electron chi connectivity index (χ2n) is 6.61. The smallest absolute Gasteiger partial charge is 0.319 e. The van der Waals surface area contributed by atoms with Crippen LogP contribution in [0.3, 0.4) is 0 Å². The molecule has 2 aromatic carbocycles. The molecule has 1 atom stereocenters. The number of carbonyl (C=O) groups excluding carboxylic acids is 1. The number of likely N-dealkylation sites (N-methyl/N-ethyl adjacent to an activating group) is 1. The van der Waals surface area contributed by atoms with Gasteiger partial charge < -0.3 is 15.5 Å². The molecule has 1 aliphatic rings. The molecule has 26 heavy (non-hydrogen) atoms. The van der Waals surface area contributed by atoms with E-state index in [1.165, 1.54) is 5.56 Å². The number of piperazine rings is 1. The number of benzene rings is 2. The molecule has 6 heteroatoms. The predicted octanol–water partition coefficient (Wildman–Crippen LogP) is 3.45.